The zero-order valence-electron chi connectivity index (χ0n) is 10.7. The molecular weight excluding hydrogens is 248 g/mol. The van der Waals surface area contributed by atoms with Crippen LogP contribution in [0.25, 0.3) is 0 Å². The van der Waals surface area contributed by atoms with Gasteiger partial charge in [0, 0.05) is 24.8 Å². The van der Waals surface area contributed by atoms with Crippen molar-refractivity contribution < 1.29 is 9.72 Å². The highest BCUT2D eigenvalue weighted by atomic mass is 16.6. The molecular formula is C12H14N4O3. The Bertz CT molecular complexity index is 550. The number of hydrogen-bond donors (Lipinski definition) is 1. The number of nitriles is 1. The normalized spacial score (nSPS) is 11.4. The van der Waals surface area contributed by atoms with E-state index in [0.717, 1.165) is 0 Å². The van der Waals surface area contributed by atoms with Crippen LogP contribution in [0.15, 0.2) is 18.2 Å². The Kier molecular flexibility index (Phi) is 4.42. The largest absolute Gasteiger partial charge is 0.399 e. The van der Waals surface area contributed by atoms with E-state index in [9.17, 15) is 14.9 Å². The third-order valence-electron chi connectivity index (χ3n) is 2.82. The van der Waals surface area contributed by atoms with Crippen LogP contribution in [0.2, 0.25) is 0 Å². The molecule has 0 heterocycles. The number of nitrogens with two attached hydrogens (primary N) is 1. The van der Waals surface area contributed by atoms with Crippen LogP contribution < -0.4 is 5.73 Å². The van der Waals surface area contributed by atoms with E-state index in [4.69, 9.17) is 11.0 Å². The molecule has 0 spiro atoms. The van der Waals surface area contributed by atoms with Crippen molar-refractivity contribution in [1.82, 2.24) is 4.90 Å². The molecule has 1 atom stereocenters. The van der Waals surface area contributed by atoms with Crippen molar-refractivity contribution in [3.05, 3.63) is 33.9 Å². The van der Waals surface area contributed by atoms with Gasteiger partial charge in [-0.25, -0.2) is 0 Å². The highest BCUT2D eigenvalue weighted by Crippen LogP contribution is 2.23. The van der Waals surface area contributed by atoms with Gasteiger partial charge in [0.15, 0.2) is 0 Å². The number of nitro groups is 1. The van der Waals surface area contributed by atoms with Crippen molar-refractivity contribution in [3.63, 3.8) is 0 Å². The predicted octanol–water partition coefficient (Wildman–Crippen LogP) is 1.55. The number of nitrogens with zero attached hydrogens (tertiary/aromatic N) is 3. The van der Waals surface area contributed by atoms with E-state index in [1.165, 1.54) is 30.1 Å². The summed E-state index contributed by atoms with van der Waals surface area (Å²) in [7, 11) is 1.50. The Balaban J connectivity index is 3.15. The molecule has 0 saturated carbocycles. The molecule has 0 bridgehead atoms. The Morgan fingerprint density at radius 2 is 2.26 bits per heavy atom. The zero-order valence-corrected chi connectivity index (χ0v) is 10.7. The van der Waals surface area contributed by atoms with E-state index in [2.05, 4.69) is 0 Å². The monoisotopic (exact) mass is 262 g/mol. The number of hydrogen-bond acceptors (Lipinski definition) is 5. The lowest BCUT2D eigenvalue weighted by Crippen LogP contribution is -2.35. The van der Waals surface area contributed by atoms with Crippen LogP contribution in [0.4, 0.5) is 11.4 Å². The molecule has 1 rings (SSSR count). The Hall–Kier alpha value is -2.62. The van der Waals surface area contributed by atoms with Crippen LogP contribution >= 0.6 is 0 Å². The van der Waals surface area contributed by atoms with E-state index < -0.39 is 10.8 Å². The summed E-state index contributed by atoms with van der Waals surface area (Å²) in [5.41, 5.74) is 5.46. The quantitative estimate of drug-likeness (QED) is 0.502. The van der Waals surface area contributed by atoms with E-state index in [1.807, 2.05) is 6.07 Å². The summed E-state index contributed by atoms with van der Waals surface area (Å²) in [6, 6.07) is 5.46. The maximum Gasteiger partial charge on any atom is 0.282 e. The third kappa shape index (κ3) is 3.19. The van der Waals surface area contributed by atoms with E-state index in [0.29, 0.717) is 0 Å². The van der Waals surface area contributed by atoms with Crippen LogP contribution in [0.3, 0.4) is 0 Å². The molecule has 1 amide bonds. The van der Waals surface area contributed by atoms with Crippen molar-refractivity contribution in [2.75, 3.05) is 12.8 Å². The van der Waals surface area contributed by atoms with E-state index in [1.54, 1.807) is 6.92 Å². The van der Waals surface area contributed by atoms with Crippen LogP contribution in [-0.4, -0.2) is 28.8 Å². The fraction of sp³-hybridized carbons (Fsp3) is 0.333. The molecule has 0 aliphatic rings. The fourth-order valence-corrected chi connectivity index (χ4v) is 1.54. The number of nitrogen functional groups attached to an aromatic ring is 1. The second-order valence-corrected chi connectivity index (χ2v) is 4.16. The molecule has 0 radical (unpaired) electrons. The van der Waals surface area contributed by atoms with Gasteiger partial charge in [0.25, 0.3) is 11.6 Å². The summed E-state index contributed by atoms with van der Waals surface area (Å²) >= 11 is 0. The molecule has 0 saturated heterocycles. The first-order chi connectivity index (χ1) is 8.88. The maximum absolute atomic E-state index is 12.2. The summed E-state index contributed by atoms with van der Waals surface area (Å²) in [6.45, 7) is 1.69. The Morgan fingerprint density at radius 3 is 2.79 bits per heavy atom. The number of benzene rings is 1. The summed E-state index contributed by atoms with van der Waals surface area (Å²) in [6.07, 6.45) is 0.151. The van der Waals surface area contributed by atoms with Crippen LogP contribution in [0.1, 0.15) is 23.7 Å². The van der Waals surface area contributed by atoms with Gasteiger partial charge in [-0.3, -0.25) is 14.9 Å². The van der Waals surface area contributed by atoms with E-state index >= 15 is 0 Å². The molecule has 0 aliphatic carbocycles. The zero-order chi connectivity index (χ0) is 14.6. The van der Waals surface area contributed by atoms with E-state index in [-0.39, 0.29) is 29.4 Å². The smallest absolute Gasteiger partial charge is 0.282 e. The second-order valence-electron chi connectivity index (χ2n) is 4.16. The molecule has 1 aromatic carbocycles. The van der Waals surface area contributed by atoms with Gasteiger partial charge in [-0.05, 0) is 19.1 Å². The van der Waals surface area contributed by atoms with Crippen LogP contribution in [-0.2, 0) is 0 Å². The van der Waals surface area contributed by atoms with Gasteiger partial charge < -0.3 is 10.6 Å². The molecule has 1 aromatic rings. The highest BCUT2D eigenvalue weighted by Gasteiger charge is 2.25. The summed E-state index contributed by atoms with van der Waals surface area (Å²) in [5.74, 6) is -0.526. The van der Waals surface area contributed by atoms with Gasteiger partial charge >= 0.3 is 0 Å². The van der Waals surface area contributed by atoms with Crippen molar-refractivity contribution in [2.24, 2.45) is 0 Å². The maximum atomic E-state index is 12.2. The van der Waals surface area contributed by atoms with Gasteiger partial charge in [0.05, 0.1) is 17.4 Å². The van der Waals surface area contributed by atoms with Crippen LogP contribution in [0.5, 0.6) is 0 Å². The van der Waals surface area contributed by atoms with Gasteiger partial charge in [-0.15, -0.1) is 0 Å². The minimum atomic E-state index is -0.629. The number of rotatable bonds is 4. The first kappa shape index (κ1) is 14.4. The number of anilines is 1. The van der Waals surface area contributed by atoms with Crippen molar-refractivity contribution >= 4 is 17.3 Å². The fourth-order valence-electron chi connectivity index (χ4n) is 1.54. The molecule has 7 nitrogen and oxygen atoms in total. The summed E-state index contributed by atoms with van der Waals surface area (Å²) in [5, 5.41) is 19.5. The average molecular weight is 262 g/mol. The van der Waals surface area contributed by atoms with Crippen molar-refractivity contribution in [1.29, 1.82) is 5.26 Å². The molecule has 19 heavy (non-hydrogen) atoms. The number of amides is 1. The van der Waals surface area contributed by atoms with Gasteiger partial charge in [0.2, 0.25) is 0 Å². The van der Waals surface area contributed by atoms with Crippen molar-refractivity contribution in [3.8, 4) is 6.07 Å². The molecule has 7 heteroatoms. The molecule has 0 fully saturated rings. The predicted molar refractivity (Wildman–Crippen MR) is 69.3 cm³/mol. The number of carbonyl (C=O) groups is 1. The van der Waals surface area contributed by atoms with Crippen LogP contribution in [0, 0.1) is 21.4 Å². The van der Waals surface area contributed by atoms with Gasteiger partial charge in [-0.1, -0.05) is 0 Å². The average Bonchev–Trinajstić information content (AvgIpc) is 2.36. The SMILES string of the molecule is CC(CC#N)N(C)C(=O)c1cc(N)ccc1[N+](=O)[O-]. The minimum Gasteiger partial charge on any atom is -0.399 e. The number of nitro benzene ring substituents is 1. The molecule has 0 aromatic heterocycles. The molecule has 0 aliphatic heterocycles. The second kappa shape index (κ2) is 5.82. The summed E-state index contributed by atoms with van der Waals surface area (Å²) in [4.78, 5) is 23.8. The standard InChI is InChI=1S/C12H14N4O3/c1-8(5-6-13)15(2)12(17)10-7-9(14)3-4-11(10)16(18)19/h3-4,7-8H,5,14H2,1-2H3. The van der Waals surface area contributed by atoms with Gasteiger partial charge in [-0.2, -0.15) is 5.26 Å². The minimum absolute atomic E-state index is 0.0720. The highest BCUT2D eigenvalue weighted by molar-refractivity contribution is 5.99. The lowest BCUT2D eigenvalue weighted by atomic mass is 10.1. The summed E-state index contributed by atoms with van der Waals surface area (Å²) < 4.78 is 0. The first-order valence-electron chi connectivity index (χ1n) is 5.56. The van der Waals surface area contributed by atoms with Crippen molar-refractivity contribution in [2.45, 2.75) is 19.4 Å². The Morgan fingerprint density at radius 1 is 1.63 bits per heavy atom. The number of carbonyl (C=O) groups excluding carboxylic acids is 1. The molecule has 1 unspecified atom stereocenters. The lowest BCUT2D eigenvalue weighted by molar-refractivity contribution is -0.385. The van der Waals surface area contributed by atoms with Gasteiger partial charge in [0.1, 0.15) is 5.56 Å². The first-order valence-corrected chi connectivity index (χ1v) is 5.56. The lowest BCUT2D eigenvalue weighted by Gasteiger charge is -2.22. The topological polar surface area (TPSA) is 113 Å². The third-order valence-corrected chi connectivity index (χ3v) is 2.82. The molecule has 2 N–H and O–H groups in total. The Labute approximate surface area is 110 Å². The molecule has 100 valence electrons.